The number of ether oxygens (including phenoxy) is 2. The molecule has 5 heterocycles. The monoisotopic (exact) mass is 716 g/mol. The van der Waals surface area contributed by atoms with Crippen molar-refractivity contribution in [3.8, 4) is 23.6 Å². The summed E-state index contributed by atoms with van der Waals surface area (Å²) < 4.78 is 18.3. The van der Waals surface area contributed by atoms with Crippen molar-refractivity contribution < 1.29 is 18.8 Å². The lowest BCUT2D eigenvalue weighted by Crippen LogP contribution is -2.50. The van der Waals surface area contributed by atoms with Gasteiger partial charge in [-0.1, -0.05) is 5.16 Å². The van der Waals surface area contributed by atoms with Gasteiger partial charge in [0.2, 0.25) is 11.7 Å². The van der Waals surface area contributed by atoms with Gasteiger partial charge in [-0.2, -0.15) is 20.2 Å². The Balaban J connectivity index is 1.19. The fourth-order valence-electron chi connectivity index (χ4n) is 7.23. The molecular formula is C36H48N10O4S. The van der Waals surface area contributed by atoms with Gasteiger partial charge in [0.05, 0.1) is 17.3 Å². The lowest BCUT2D eigenvalue weighted by atomic mass is 9.72. The van der Waals surface area contributed by atoms with E-state index in [0.717, 1.165) is 62.2 Å². The van der Waals surface area contributed by atoms with Crippen molar-refractivity contribution in [3.63, 3.8) is 0 Å². The van der Waals surface area contributed by atoms with Crippen LogP contribution in [0.5, 0.6) is 6.01 Å². The van der Waals surface area contributed by atoms with E-state index in [4.69, 9.17) is 28.9 Å². The number of thiophene rings is 1. The average Bonchev–Trinajstić information content (AvgIpc) is 3.48. The van der Waals surface area contributed by atoms with Crippen LogP contribution in [0, 0.1) is 11.3 Å². The van der Waals surface area contributed by atoms with Gasteiger partial charge in [0.1, 0.15) is 33.8 Å². The summed E-state index contributed by atoms with van der Waals surface area (Å²) >= 11 is 1.56. The summed E-state index contributed by atoms with van der Waals surface area (Å²) in [6, 6.07) is 4.59. The number of nitrogens with zero attached hydrogens (tertiary/aromatic N) is 10. The molecule has 4 aliphatic rings. The number of hydrogen-bond acceptors (Lipinski definition) is 13. The molecule has 1 atom stereocenters. The van der Waals surface area contributed by atoms with Crippen LogP contribution in [0.15, 0.2) is 15.6 Å². The molecule has 7 rings (SSSR count). The van der Waals surface area contributed by atoms with E-state index in [0.29, 0.717) is 66.0 Å². The molecule has 15 heteroatoms. The second-order valence-corrected chi connectivity index (χ2v) is 16.7. The standard InChI is InChI=1S/C36H48N10O4S/c1-34(2,3)49-33(47)46-18-16-45(17-19-46)27-20-25(39-32(40-27)48-36(12-13-36)22-44-14-7-8-15-44)29-41-31(50-42-29)35(4)11-9-10-26-28(35)24(21-37)30(51-26)38-23-43(5)6/h20,23H,7-19,22H2,1-6H3/b38-23+/t35-/m0/s1. The number of likely N-dealkylation sites (tertiary alicyclic amines) is 1. The second kappa shape index (κ2) is 13.7. The highest BCUT2D eigenvalue weighted by atomic mass is 32.1. The van der Waals surface area contributed by atoms with Crippen LogP contribution in [-0.2, 0) is 16.6 Å². The predicted molar refractivity (Wildman–Crippen MR) is 194 cm³/mol. The van der Waals surface area contributed by atoms with Crippen molar-refractivity contribution in [3.05, 3.63) is 28.0 Å². The fraction of sp³-hybridized carbons (Fsp3) is 0.639. The Morgan fingerprint density at radius 2 is 1.84 bits per heavy atom. The van der Waals surface area contributed by atoms with Gasteiger partial charge in [0, 0.05) is 63.3 Å². The van der Waals surface area contributed by atoms with E-state index in [1.165, 1.54) is 12.8 Å². The molecular weight excluding hydrogens is 669 g/mol. The normalized spacial score (nSPS) is 21.8. The van der Waals surface area contributed by atoms with Crippen LogP contribution >= 0.6 is 11.3 Å². The summed E-state index contributed by atoms with van der Waals surface area (Å²) in [4.78, 5) is 41.4. The first kappa shape index (κ1) is 35.1. The van der Waals surface area contributed by atoms with Crippen LogP contribution < -0.4 is 9.64 Å². The molecule has 0 N–H and O–H groups in total. The van der Waals surface area contributed by atoms with E-state index in [1.54, 1.807) is 22.6 Å². The molecule has 0 radical (unpaired) electrons. The number of hydrogen-bond donors (Lipinski definition) is 0. The molecule has 14 nitrogen and oxygen atoms in total. The Morgan fingerprint density at radius 1 is 1.10 bits per heavy atom. The van der Waals surface area contributed by atoms with Gasteiger partial charge in [-0.15, -0.1) is 11.3 Å². The van der Waals surface area contributed by atoms with Crippen LogP contribution in [0.4, 0.5) is 15.6 Å². The SMILES string of the molecule is CN(C)/C=N/c1sc2c(c1C#N)[C@@](C)(c1nc(-c3cc(N4CCN(C(=O)OC(C)(C)C)CC4)nc(OC4(CN5CCCC5)CC4)n3)no1)CCC2. The number of carbonyl (C=O) groups excluding carboxylic acids is 1. The number of piperazine rings is 1. The maximum Gasteiger partial charge on any atom is 0.410 e. The summed E-state index contributed by atoms with van der Waals surface area (Å²) in [6.45, 7) is 12.9. The van der Waals surface area contributed by atoms with Crippen LogP contribution in [-0.4, -0.2) is 118 Å². The molecule has 2 saturated heterocycles. The summed E-state index contributed by atoms with van der Waals surface area (Å²) in [5.41, 5.74) is 0.468. The zero-order valence-electron chi connectivity index (χ0n) is 30.6. The molecule has 3 aromatic heterocycles. The van der Waals surface area contributed by atoms with Gasteiger partial charge in [0.15, 0.2) is 0 Å². The summed E-state index contributed by atoms with van der Waals surface area (Å²) in [7, 11) is 3.81. The number of aliphatic imine (C=N–C) groups is 1. The predicted octanol–water partition coefficient (Wildman–Crippen LogP) is 5.39. The third-order valence-corrected chi connectivity index (χ3v) is 11.2. The quantitative estimate of drug-likeness (QED) is 0.207. The van der Waals surface area contributed by atoms with Gasteiger partial charge in [-0.25, -0.2) is 9.79 Å². The van der Waals surface area contributed by atoms with Crippen LogP contribution in [0.2, 0.25) is 0 Å². The average molecular weight is 717 g/mol. The smallest absolute Gasteiger partial charge is 0.410 e. The molecule has 2 aliphatic heterocycles. The highest BCUT2D eigenvalue weighted by molar-refractivity contribution is 7.16. The van der Waals surface area contributed by atoms with Gasteiger partial charge in [-0.05, 0) is 85.7 Å². The van der Waals surface area contributed by atoms with E-state index < -0.39 is 11.0 Å². The van der Waals surface area contributed by atoms with Crippen LogP contribution in [0.3, 0.4) is 0 Å². The Labute approximate surface area is 303 Å². The zero-order chi connectivity index (χ0) is 36.0. The van der Waals surface area contributed by atoms with Crippen molar-refractivity contribution in [2.45, 2.75) is 89.3 Å². The number of fused-ring (bicyclic) bond motifs is 1. The van der Waals surface area contributed by atoms with E-state index in [-0.39, 0.29) is 11.7 Å². The minimum atomic E-state index is -0.659. The highest BCUT2D eigenvalue weighted by Crippen LogP contribution is 2.50. The molecule has 51 heavy (non-hydrogen) atoms. The second-order valence-electron chi connectivity index (χ2n) is 15.6. The van der Waals surface area contributed by atoms with Crippen molar-refractivity contribution in [1.29, 1.82) is 5.26 Å². The van der Waals surface area contributed by atoms with E-state index in [1.807, 2.05) is 45.8 Å². The maximum atomic E-state index is 12.8. The number of anilines is 1. The molecule has 2 aliphatic carbocycles. The molecule has 272 valence electrons. The van der Waals surface area contributed by atoms with Gasteiger partial charge < -0.3 is 28.7 Å². The topological polar surface area (TPSA) is 149 Å². The number of carbonyl (C=O) groups is 1. The zero-order valence-corrected chi connectivity index (χ0v) is 31.4. The molecule has 0 unspecified atom stereocenters. The highest BCUT2D eigenvalue weighted by Gasteiger charge is 2.48. The minimum absolute atomic E-state index is 0.291. The largest absolute Gasteiger partial charge is 0.455 e. The molecule has 3 aromatic rings. The van der Waals surface area contributed by atoms with Gasteiger partial charge in [-0.3, -0.25) is 4.90 Å². The van der Waals surface area contributed by atoms with Crippen molar-refractivity contribution in [2.75, 3.05) is 64.8 Å². The third kappa shape index (κ3) is 7.53. The van der Waals surface area contributed by atoms with E-state index in [2.05, 4.69) is 32.9 Å². The van der Waals surface area contributed by atoms with E-state index in [9.17, 15) is 10.1 Å². The molecule has 0 spiro atoms. The summed E-state index contributed by atoms with van der Waals surface area (Å²) in [5.74, 6) is 1.46. The Morgan fingerprint density at radius 3 is 2.51 bits per heavy atom. The Kier molecular flexibility index (Phi) is 9.43. The first-order chi connectivity index (χ1) is 24.3. The third-order valence-electron chi connectivity index (χ3n) is 10.0. The van der Waals surface area contributed by atoms with Crippen molar-refractivity contribution >= 4 is 34.6 Å². The summed E-state index contributed by atoms with van der Waals surface area (Å²) in [5, 5.41) is 15.4. The Hall–Kier alpha value is -4.29. The lowest BCUT2D eigenvalue weighted by molar-refractivity contribution is 0.0240. The number of amides is 1. The van der Waals surface area contributed by atoms with Crippen LogP contribution in [0.25, 0.3) is 11.5 Å². The van der Waals surface area contributed by atoms with Crippen molar-refractivity contribution in [2.24, 2.45) is 4.99 Å². The number of aromatic nitrogens is 4. The fourth-order valence-corrected chi connectivity index (χ4v) is 8.49. The van der Waals surface area contributed by atoms with Crippen LogP contribution in [0.1, 0.15) is 88.1 Å². The molecule has 1 amide bonds. The van der Waals surface area contributed by atoms with Crippen molar-refractivity contribution in [1.82, 2.24) is 34.8 Å². The molecule has 3 fully saturated rings. The lowest BCUT2D eigenvalue weighted by Gasteiger charge is -2.36. The van der Waals surface area contributed by atoms with Gasteiger partial charge >= 0.3 is 12.1 Å². The first-order valence-electron chi connectivity index (χ1n) is 18.0. The Bertz CT molecular complexity index is 1820. The molecule has 1 saturated carbocycles. The first-order valence-corrected chi connectivity index (χ1v) is 18.8. The van der Waals surface area contributed by atoms with Gasteiger partial charge in [0.25, 0.3) is 0 Å². The van der Waals surface area contributed by atoms with E-state index >= 15 is 0 Å². The molecule has 0 bridgehead atoms. The number of aryl methyl sites for hydroxylation is 1. The summed E-state index contributed by atoms with van der Waals surface area (Å²) in [6.07, 6.45) is 8.31. The number of nitriles is 1. The number of rotatable bonds is 9. The molecule has 0 aromatic carbocycles. The minimum Gasteiger partial charge on any atom is -0.455 e. The maximum absolute atomic E-state index is 12.8.